The van der Waals surface area contributed by atoms with Crippen LogP contribution >= 0.6 is 0 Å². The molecule has 7 nitrogen and oxygen atoms in total. The third-order valence-electron chi connectivity index (χ3n) is 8.89. The lowest BCUT2D eigenvalue weighted by molar-refractivity contribution is -0.146. The van der Waals surface area contributed by atoms with Crippen LogP contribution in [0.3, 0.4) is 0 Å². The lowest BCUT2D eigenvalue weighted by Gasteiger charge is -2.46. The summed E-state index contributed by atoms with van der Waals surface area (Å²) in [6, 6.07) is 0.513. The average molecular weight is 524 g/mol. The molecule has 1 aliphatic heterocycles. The summed E-state index contributed by atoms with van der Waals surface area (Å²) < 4.78 is 25.0. The van der Waals surface area contributed by atoms with Crippen LogP contribution in [0.1, 0.15) is 111 Å². The quantitative estimate of drug-likeness (QED) is 0.498. The van der Waals surface area contributed by atoms with E-state index < -0.39 is 15.2 Å². The lowest BCUT2D eigenvalue weighted by atomic mass is 9.82. The molecule has 8 heteroatoms. The number of nitrogens with zero attached hydrogens (tertiary/aromatic N) is 1. The molecule has 3 aliphatic carbocycles. The lowest BCUT2D eigenvalue weighted by Crippen LogP contribution is -2.55. The Morgan fingerprint density at radius 3 is 2.06 bits per heavy atom. The highest BCUT2D eigenvalue weighted by Crippen LogP contribution is 2.34. The summed E-state index contributed by atoms with van der Waals surface area (Å²) in [5.74, 6) is 1.32. The Bertz CT molecular complexity index is 858. The molecule has 2 N–H and O–H groups in total. The zero-order chi connectivity index (χ0) is 25.9. The number of nitrogens with one attached hydrogen (secondary N) is 2. The van der Waals surface area contributed by atoms with Crippen molar-refractivity contribution in [2.45, 2.75) is 134 Å². The van der Waals surface area contributed by atoms with E-state index in [1.807, 2.05) is 0 Å². The molecule has 2 atom stereocenters. The molecule has 2 amide bonds. The number of hydrogen-bond donors (Lipinski definition) is 2. The van der Waals surface area contributed by atoms with Crippen LogP contribution in [0.25, 0.3) is 0 Å². The van der Waals surface area contributed by atoms with Crippen molar-refractivity contribution in [2.24, 2.45) is 17.8 Å². The van der Waals surface area contributed by atoms with Crippen molar-refractivity contribution >= 4 is 21.7 Å². The highest BCUT2D eigenvalue weighted by atomic mass is 32.2. The zero-order valence-corrected chi connectivity index (χ0v) is 23.6. The number of carbonyl (C=O) groups excluding carboxylic acids is 2. The fourth-order valence-corrected chi connectivity index (χ4v) is 8.80. The van der Waals surface area contributed by atoms with Crippen LogP contribution in [0, 0.1) is 17.8 Å². The minimum Gasteiger partial charge on any atom is -0.353 e. The molecule has 0 aromatic carbocycles. The number of amides is 2. The highest BCUT2D eigenvalue weighted by Gasteiger charge is 2.39. The Morgan fingerprint density at radius 1 is 0.861 bits per heavy atom. The molecule has 4 fully saturated rings. The molecule has 2 unspecified atom stereocenters. The van der Waals surface area contributed by atoms with E-state index in [9.17, 15) is 18.0 Å². The van der Waals surface area contributed by atoms with Crippen LogP contribution in [-0.4, -0.2) is 60.4 Å². The molecule has 0 aromatic heterocycles. The van der Waals surface area contributed by atoms with E-state index >= 15 is 0 Å². The predicted molar refractivity (Wildman–Crippen MR) is 143 cm³/mol. The van der Waals surface area contributed by atoms with Gasteiger partial charge in [0.2, 0.25) is 11.8 Å². The second kappa shape index (κ2) is 11.7. The molecular weight excluding hydrogens is 474 g/mol. The summed E-state index contributed by atoms with van der Waals surface area (Å²) >= 11 is 0. The van der Waals surface area contributed by atoms with E-state index in [-0.39, 0.29) is 29.3 Å². The molecule has 0 spiro atoms. The largest absolute Gasteiger partial charge is 0.353 e. The van der Waals surface area contributed by atoms with Crippen molar-refractivity contribution < 1.29 is 18.0 Å². The highest BCUT2D eigenvalue weighted by molar-refractivity contribution is 7.92. The molecule has 1 heterocycles. The fraction of sp³-hybridized carbons (Fsp3) is 0.929. The maximum atomic E-state index is 13.6. The Labute approximate surface area is 218 Å². The molecule has 0 aromatic rings. The third kappa shape index (κ3) is 7.46. The Balaban J connectivity index is 1.19. The maximum Gasteiger partial charge on any atom is 0.226 e. The van der Waals surface area contributed by atoms with Gasteiger partial charge in [0, 0.05) is 30.0 Å². The number of sulfone groups is 1. The van der Waals surface area contributed by atoms with Gasteiger partial charge in [-0.2, -0.15) is 0 Å². The van der Waals surface area contributed by atoms with Crippen molar-refractivity contribution in [3.05, 3.63) is 0 Å². The first kappa shape index (κ1) is 27.9. The molecule has 36 heavy (non-hydrogen) atoms. The molecule has 206 valence electrons. The van der Waals surface area contributed by atoms with E-state index in [4.69, 9.17) is 0 Å². The van der Waals surface area contributed by atoms with Crippen molar-refractivity contribution in [2.75, 3.05) is 12.3 Å². The van der Waals surface area contributed by atoms with Crippen LogP contribution in [0.4, 0.5) is 0 Å². The van der Waals surface area contributed by atoms with Gasteiger partial charge >= 0.3 is 0 Å². The average Bonchev–Trinajstić information content (AvgIpc) is 3.63. The minimum atomic E-state index is -3.07. The van der Waals surface area contributed by atoms with Crippen LogP contribution in [0.15, 0.2) is 0 Å². The number of rotatable bonds is 8. The topological polar surface area (TPSA) is 95.6 Å². The standard InChI is InChI=1S/C28H49N3O4S/c1-28(2,3)31(24-7-5-4-6-8-24)27(33)22-12-14-23(15-13-22)30-25(32)17-21-11-16-26(29-18-21)36(34,35)19-20-9-10-20/h20-24,26,29H,4-19H2,1-3H3,(H,30,32). The van der Waals surface area contributed by atoms with E-state index in [2.05, 4.69) is 36.3 Å². The molecule has 0 bridgehead atoms. The maximum absolute atomic E-state index is 13.6. The normalized spacial score (nSPS) is 30.5. The van der Waals surface area contributed by atoms with Crippen molar-refractivity contribution in [3.8, 4) is 0 Å². The van der Waals surface area contributed by atoms with Gasteiger partial charge in [0.15, 0.2) is 9.84 Å². The number of carbonyl (C=O) groups is 2. The zero-order valence-electron chi connectivity index (χ0n) is 22.8. The molecule has 4 aliphatic rings. The van der Waals surface area contributed by atoms with Crippen LogP contribution in [0.2, 0.25) is 0 Å². The summed E-state index contributed by atoms with van der Waals surface area (Å²) in [5.41, 5.74) is -0.158. The summed E-state index contributed by atoms with van der Waals surface area (Å²) in [6.07, 6.45) is 13.3. The first-order valence-electron chi connectivity index (χ1n) is 14.6. The number of piperidine rings is 1. The fourth-order valence-electron chi connectivity index (χ4n) is 6.73. The monoisotopic (exact) mass is 523 g/mol. The smallest absolute Gasteiger partial charge is 0.226 e. The molecule has 3 saturated carbocycles. The van der Waals surface area contributed by atoms with Gasteiger partial charge in [-0.25, -0.2) is 8.42 Å². The van der Waals surface area contributed by atoms with Gasteiger partial charge in [0.1, 0.15) is 5.37 Å². The second-order valence-electron chi connectivity index (χ2n) is 13.1. The van der Waals surface area contributed by atoms with Gasteiger partial charge in [-0.1, -0.05) is 19.3 Å². The third-order valence-corrected chi connectivity index (χ3v) is 11.1. The Hall–Kier alpha value is -1.15. The minimum absolute atomic E-state index is 0.0642. The van der Waals surface area contributed by atoms with E-state index in [1.165, 1.54) is 19.3 Å². The summed E-state index contributed by atoms with van der Waals surface area (Å²) in [5, 5.41) is 5.99. The Kier molecular flexibility index (Phi) is 9.07. The van der Waals surface area contributed by atoms with Gasteiger partial charge in [-0.3, -0.25) is 9.59 Å². The number of hydrogen-bond acceptors (Lipinski definition) is 5. The molecule has 1 saturated heterocycles. The van der Waals surface area contributed by atoms with Crippen LogP contribution in [-0.2, 0) is 19.4 Å². The van der Waals surface area contributed by atoms with Gasteiger partial charge in [-0.05, 0) is 103 Å². The second-order valence-corrected chi connectivity index (χ2v) is 15.3. The van der Waals surface area contributed by atoms with Gasteiger partial charge in [0.05, 0.1) is 5.75 Å². The Morgan fingerprint density at radius 2 is 1.50 bits per heavy atom. The first-order valence-corrected chi connectivity index (χ1v) is 16.3. The summed E-state index contributed by atoms with van der Waals surface area (Å²) in [7, 11) is -3.07. The molecule has 0 radical (unpaired) electrons. The van der Waals surface area contributed by atoms with Gasteiger partial charge < -0.3 is 15.5 Å². The first-order chi connectivity index (χ1) is 17.0. The van der Waals surface area contributed by atoms with Gasteiger partial charge in [-0.15, -0.1) is 0 Å². The van der Waals surface area contributed by atoms with E-state index in [0.29, 0.717) is 43.0 Å². The predicted octanol–water partition coefficient (Wildman–Crippen LogP) is 4.16. The van der Waals surface area contributed by atoms with E-state index in [1.54, 1.807) is 0 Å². The summed E-state index contributed by atoms with van der Waals surface area (Å²) in [4.78, 5) is 28.5. The molecule has 4 rings (SSSR count). The SMILES string of the molecule is CC(C)(C)N(C(=O)C1CCC(NC(=O)CC2CCC(S(=O)(=O)CC3CC3)NC2)CC1)C1CCCCC1. The van der Waals surface area contributed by atoms with Gasteiger partial charge in [0.25, 0.3) is 0 Å². The van der Waals surface area contributed by atoms with Crippen molar-refractivity contribution in [3.63, 3.8) is 0 Å². The van der Waals surface area contributed by atoms with Crippen LogP contribution < -0.4 is 10.6 Å². The summed E-state index contributed by atoms with van der Waals surface area (Å²) in [6.45, 7) is 7.08. The molecular formula is C28H49N3O4S. The van der Waals surface area contributed by atoms with Crippen LogP contribution in [0.5, 0.6) is 0 Å². The van der Waals surface area contributed by atoms with Crippen molar-refractivity contribution in [1.82, 2.24) is 15.5 Å². The van der Waals surface area contributed by atoms with Crippen molar-refractivity contribution in [1.29, 1.82) is 0 Å². The van der Waals surface area contributed by atoms with E-state index in [0.717, 1.165) is 57.8 Å².